The van der Waals surface area contributed by atoms with Gasteiger partial charge in [-0.25, -0.2) is 4.79 Å². The van der Waals surface area contributed by atoms with Gasteiger partial charge in [-0.05, 0) is 18.6 Å². The summed E-state index contributed by atoms with van der Waals surface area (Å²) >= 11 is 0. The second-order valence-electron chi connectivity index (χ2n) is 3.33. The fraction of sp³-hybridized carbons (Fsp3) is 0.364. The van der Waals surface area contributed by atoms with Gasteiger partial charge in [0.05, 0.1) is 12.2 Å². The van der Waals surface area contributed by atoms with Crippen molar-refractivity contribution in [1.29, 1.82) is 0 Å². The van der Waals surface area contributed by atoms with Gasteiger partial charge in [0.2, 0.25) is 0 Å². The van der Waals surface area contributed by atoms with Crippen LogP contribution >= 0.6 is 0 Å². The molecule has 1 atom stereocenters. The van der Waals surface area contributed by atoms with E-state index in [1.807, 2.05) is 0 Å². The van der Waals surface area contributed by atoms with Gasteiger partial charge in [0, 0.05) is 0 Å². The summed E-state index contributed by atoms with van der Waals surface area (Å²) < 4.78 is 42.1. The summed E-state index contributed by atoms with van der Waals surface area (Å²) in [7, 11) is 0. The van der Waals surface area contributed by atoms with Gasteiger partial charge in [-0.3, -0.25) is 0 Å². The molecule has 0 saturated heterocycles. The molecule has 3 nitrogen and oxygen atoms in total. The first-order chi connectivity index (χ1) is 7.88. The molecule has 0 bridgehead atoms. The van der Waals surface area contributed by atoms with Crippen LogP contribution in [0.5, 0.6) is 0 Å². The smallest absolute Gasteiger partial charge is 0.407 e. The Morgan fingerprint density at radius 1 is 1.41 bits per heavy atom. The van der Waals surface area contributed by atoms with Crippen LogP contribution in [0, 0.1) is 0 Å². The molecular formula is C11H12F3NO2. The molecule has 0 aliphatic heterocycles. The summed E-state index contributed by atoms with van der Waals surface area (Å²) in [5.41, 5.74) is 4.64. The molecule has 94 valence electrons. The summed E-state index contributed by atoms with van der Waals surface area (Å²) in [6.07, 6.45) is -4.59. The highest BCUT2D eigenvalue weighted by atomic mass is 19.4. The fourth-order valence-corrected chi connectivity index (χ4v) is 1.34. The second-order valence-corrected chi connectivity index (χ2v) is 3.33. The van der Waals surface area contributed by atoms with Crippen LogP contribution in [0.15, 0.2) is 24.3 Å². The number of halogens is 3. The van der Waals surface area contributed by atoms with Crippen LogP contribution in [0.4, 0.5) is 13.2 Å². The van der Waals surface area contributed by atoms with Gasteiger partial charge >= 0.3 is 12.1 Å². The normalized spacial score (nSPS) is 13.2. The molecule has 1 aromatic carbocycles. The van der Waals surface area contributed by atoms with Crippen molar-refractivity contribution in [2.24, 2.45) is 5.73 Å². The molecule has 0 unspecified atom stereocenters. The minimum atomic E-state index is -4.59. The van der Waals surface area contributed by atoms with E-state index >= 15 is 0 Å². The number of benzene rings is 1. The van der Waals surface area contributed by atoms with Crippen LogP contribution in [-0.4, -0.2) is 18.8 Å². The zero-order valence-electron chi connectivity index (χ0n) is 9.12. The van der Waals surface area contributed by atoms with Crippen LogP contribution < -0.4 is 5.73 Å². The summed E-state index contributed by atoms with van der Waals surface area (Å²) in [6.45, 7) is 1.67. The second kappa shape index (κ2) is 5.18. The van der Waals surface area contributed by atoms with Gasteiger partial charge in [0.25, 0.3) is 0 Å². The maximum atomic E-state index is 12.5. The Morgan fingerprint density at radius 3 is 2.53 bits per heavy atom. The van der Waals surface area contributed by atoms with E-state index in [1.54, 1.807) is 6.92 Å². The summed E-state index contributed by atoms with van der Waals surface area (Å²) in [6, 6.07) is 3.09. The highest BCUT2D eigenvalue weighted by Crippen LogP contribution is 2.32. The lowest BCUT2D eigenvalue weighted by atomic mass is 10.0. The molecular weight excluding hydrogens is 235 g/mol. The molecule has 0 spiro atoms. The first kappa shape index (κ1) is 13.5. The number of carbonyl (C=O) groups is 1. The molecule has 0 heterocycles. The first-order valence-electron chi connectivity index (χ1n) is 4.96. The lowest BCUT2D eigenvalue weighted by Crippen LogP contribution is -2.30. The van der Waals surface area contributed by atoms with Gasteiger partial charge in [-0.2, -0.15) is 13.2 Å². The summed E-state index contributed by atoms with van der Waals surface area (Å²) in [4.78, 5) is 11.5. The SMILES string of the molecule is CCOC(=O)c1ccccc1[C@H](N)C(F)(F)F. The molecule has 0 aliphatic rings. The zero-order chi connectivity index (χ0) is 13.1. The Bertz CT molecular complexity index is 404. The van der Waals surface area contributed by atoms with Crippen molar-refractivity contribution in [3.63, 3.8) is 0 Å². The number of carbonyl (C=O) groups excluding carboxylic acids is 1. The van der Waals surface area contributed by atoms with Crippen LogP contribution in [0.25, 0.3) is 0 Å². The molecule has 2 N–H and O–H groups in total. The number of nitrogens with two attached hydrogens (primary N) is 1. The van der Waals surface area contributed by atoms with Crippen molar-refractivity contribution in [3.05, 3.63) is 35.4 Å². The van der Waals surface area contributed by atoms with E-state index in [1.165, 1.54) is 24.3 Å². The minimum Gasteiger partial charge on any atom is -0.462 e. The Labute approximate surface area is 96.4 Å². The third-order valence-electron chi connectivity index (χ3n) is 2.14. The predicted octanol–water partition coefficient (Wildman–Crippen LogP) is 2.43. The molecule has 1 aromatic rings. The number of alkyl halides is 3. The van der Waals surface area contributed by atoms with E-state index in [-0.39, 0.29) is 17.7 Å². The standard InChI is InChI=1S/C11H12F3NO2/c1-2-17-10(16)8-6-4-3-5-7(8)9(15)11(12,13)14/h3-6,9H,2,15H2,1H3/t9-/m0/s1. The predicted molar refractivity (Wildman–Crippen MR) is 55.4 cm³/mol. The molecule has 17 heavy (non-hydrogen) atoms. The van der Waals surface area contributed by atoms with E-state index in [9.17, 15) is 18.0 Å². The number of esters is 1. The van der Waals surface area contributed by atoms with Crippen LogP contribution in [0.1, 0.15) is 28.9 Å². The molecule has 6 heteroatoms. The van der Waals surface area contributed by atoms with Crippen molar-refractivity contribution in [1.82, 2.24) is 0 Å². The maximum absolute atomic E-state index is 12.5. The molecule has 0 saturated carbocycles. The number of hydrogen-bond donors (Lipinski definition) is 1. The zero-order valence-corrected chi connectivity index (χ0v) is 9.12. The Balaban J connectivity index is 3.12. The van der Waals surface area contributed by atoms with Crippen molar-refractivity contribution in [2.75, 3.05) is 6.61 Å². The minimum absolute atomic E-state index is 0.0917. The lowest BCUT2D eigenvalue weighted by molar-refractivity contribution is -0.149. The van der Waals surface area contributed by atoms with E-state index in [0.29, 0.717) is 0 Å². The van der Waals surface area contributed by atoms with E-state index in [2.05, 4.69) is 4.74 Å². The average molecular weight is 247 g/mol. The van der Waals surface area contributed by atoms with Crippen molar-refractivity contribution in [2.45, 2.75) is 19.1 Å². The average Bonchev–Trinajstić information content (AvgIpc) is 2.27. The van der Waals surface area contributed by atoms with Gasteiger partial charge in [-0.1, -0.05) is 18.2 Å². The largest absolute Gasteiger partial charge is 0.462 e. The Kier molecular flexibility index (Phi) is 4.11. The van der Waals surface area contributed by atoms with Crippen molar-refractivity contribution >= 4 is 5.97 Å². The molecule has 0 amide bonds. The highest BCUT2D eigenvalue weighted by Gasteiger charge is 2.39. The van der Waals surface area contributed by atoms with Gasteiger partial charge in [-0.15, -0.1) is 0 Å². The van der Waals surface area contributed by atoms with E-state index in [0.717, 1.165) is 0 Å². The van der Waals surface area contributed by atoms with Gasteiger partial charge in [0.1, 0.15) is 6.04 Å². The molecule has 0 aromatic heterocycles. The summed E-state index contributed by atoms with van der Waals surface area (Å²) in [5, 5.41) is 0. The molecule has 0 fully saturated rings. The Morgan fingerprint density at radius 2 is 2.00 bits per heavy atom. The number of hydrogen-bond acceptors (Lipinski definition) is 3. The fourth-order valence-electron chi connectivity index (χ4n) is 1.34. The Hall–Kier alpha value is -1.56. The third kappa shape index (κ3) is 3.20. The number of rotatable bonds is 3. The molecule has 0 radical (unpaired) electrons. The third-order valence-corrected chi connectivity index (χ3v) is 2.14. The maximum Gasteiger partial charge on any atom is 0.407 e. The lowest BCUT2D eigenvalue weighted by Gasteiger charge is -2.18. The van der Waals surface area contributed by atoms with Gasteiger partial charge < -0.3 is 10.5 Å². The van der Waals surface area contributed by atoms with Crippen LogP contribution in [-0.2, 0) is 4.74 Å². The van der Waals surface area contributed by atoms with Crippen LogP contribution in [0.3, 0.4) is 0 Å². The number of ether oxygens (including phenoxy) is 1. The topological polar surface area (TPSA) is 52.3 Å². The summed E-state index contributed by atoms with van der Waals surface area (Å²) in [5.74, 6) is -0.803. The molecule has 1 rings (SSSR count). The first-order valence-corrected chi connectivity index (χ1v) is 4.96. The quantitative estimate of drug-likeness (QED) is 0.834. The monoisotopic (exact) mass is 247 g/mol. The highest BCUT2D eigenvalue weighted by molar-refractivity contribution is 5.91. The van der Waals surface area contributed by atoms with Crippen molar-refractivity contribution < 1.29 is 22.7 Å². The molecule has 0 aliphatic carbocycles. The van der Waals surface area contributed by atoms with Gasteiger partial charge in [0.15, 0.2) is 0 Å². The van der Waals surface area contributed by atoms with E-state index < -0.39 is 18.2 Å². The van der Waals surface area contributed by atoms with Crippen molar-refractivity contribution in [3.8, 4) is 0 Å². The van der Waals surface area contributed by atoms with E-state index in [4.69, 9.17) is 5.73 Å². The van der Waals surface area contributed by atoms with Crippen LogP contribution in [0.2, 0.25) is 0 Å².